The number of morpholine rings is 1. The van der Waals surface area contributed by atoms with E-state index in [0.29, 0.717) is 23.5 Å². The predicted octanol–water partition coefficient (Wildman–Crippen LogP) is 3.13. The van der Waals surface area contributed by atoms with Gasteiger partial charge in [-0.15, -0.1) is 11.3 Å². The largest absolute Gasteiger partial charge is 0.397 e. The van der Waals surface area contributed by atoms with Crippen molar-refractivity contribution < 1.29 is 14.3 Å². The zero-order valence-electron chi connectivity index (χ0n) is 18.0. The van der Waals surface area contributed by atoms with Gasteiger partial charge in [0.05, 0.1) is 22.5 Å². The van der Waals surface area contributed by atoms with Crippen LogP contribution in [0, 0.1) is 0 Å². The summed E-state index contributed by atoms with van der Waals surface area (Å²) in [5.41, 5.74) is 8.38. The molecular formula is C24H25N5O3S. The van der Waals surface area contributed by atoms with Crippen LogP contribution in [0.5, 0.6) is 0 Å². The molecule has 4 N–H and O–H groups in total. The molecular weight excluding hydrogens is 438 g/mol. The second-order valence-corrected chi connectivity index (χ2v) is 9.32. The standard InChI is InChI=1S/C24H25N5O3S/c25-18-5-3-16(20-2-1-11-33-20)12-19(18)28-23(31)17-4-6-21(26-13-17)29-9-7-24(8-10-29)15-27-22(30)14-32-24/h1-6,11-13H,7-10,14-15,25H2,(H,27,30)(H,28,31). The molecule has 8 nitrogen and oxygen atoms in total. The molecule has 9 heteroatoms. The van der Waals surface area contributed by atoms with Crippen LogP contribution >= 0.6 is 11.3 Å². The molecule has 0 saturated carbocycles. The first kappa shape index (κ1) is 21.4. The zero-order chi connectivity index (χ0) is 22.8. The molecule has 0 unspecified atom stereocenters. The zero-order valence-corrected chi connectivity index (χ0v) is 18.9. The number of hydrogen-bond acceptors (Lipinski definition) is 7. The monoisotopic (exact) mass is 463 g/mol. The van der Waals surface area contributed by atoms with Crippen molar-refractivity contribution in [1.29, 1.82) is 0 Å². The lowest BCUT2D eigenvalue weighted by Gasteiger charge is -2.43. The maximum atomic E-state index is 12.8. The molecule has 0 atom stereocenters. The summed E-state index contributed by atoms with van der Waals surface area (Å²) >= 11 is 1.63. The fourth-order valence-corrected chi connectivity index (χ4v) is 4.93. The number of nitrogens with two attached hydrogens (primary N) is 1. The summed E-state index contributed by atoms with van der Waals surface area (Å²) < 4.78 is 5.83. The van der Waals surface area contributed by atoms with Crippen LogP contribution in [0.15, 0.2) is 54.0 Å². The highest BCUT2D eigenvalue weighted by Crippen LogP contribution is 2.31. The van der Waals surface area contributed by atoms with Gasteiger partial charge in [-0.1, -0.05) is 12.1 Å². The Morgan fingerprint density at radius 3 is 2.73 bits per heavy atom. The number of ether oxygens (including phenoxy) is 1. The Kier molecular flexibility index (Phi) is 5.74. The lowest BCUT2D eigenvalue weighted by Crippen LogP contribution is -2.57. The van der Waals surface area contributed by atoms with Crippen LogP contribution in [0.4, 0.5) is 17.2 Å². The van der Waals surface area contributed by atoms with Crippen molar-refractivity contribution >= 4 is 40.3 Å². The third-order valence-corrected chi connectivity index (χ3v) is 7.15. The molecule has 3 aromatic rings. The molecule has 1 spiro atoms. The number of aromatic nitrogens is 1. The number of piperidine rings is 1. The van der Waals surface area contributed by atoms with Gasteiger partial charge < -0.3 is 26.0 Å². The van der Waals surface area contributed by atoms with E-state index in [4.69, 9.17) is 10.5 Å². The van der Waals surface area contributed by atoms with E-state index in [1.54, 1.807) is 29.7 Å². The highest BCUT2D eigenvalue weighted by Gasteiger charge is 2.39. The number of nitrogens with one attached hydrogen (secondary N) is 2. The van der Waals surface area contributed by atoms with E-state index in [1.807, 2.05) is 35.7 Å². The molecule has 0 aliphatic carbocycles. The van der Waals surface area contributed by atoms with Gasteiger partial charge >= 0.3 is 0 Å². The second-order valence-electron chi connectivity index (χ2n) is 8.37. The molecule has 170 valence electrons. The molecule has 2 fully saturated rings. The van der Waals surface area contributed by atoms with E-state index in [9.17, 15) is 9.59 Å². The van der Waals surface area contributed by atoms with Crippen LogP contribution in [0.25, 0.3) is 10.4 Å². The lowest BCUT2D eigenvalue weighted by atomic mass is 9.90. The van der Waals surface area contributed by atoms with E-state index < -0.39 is 0 Å². The number of amides is 2. The van der Waals surface area contributed by atoms with Crippen molar-refractivity contribution in [3.63, 3.8) is 0 Å². The van der Waals surface area contributed by atoms with Crippen LogP contribution in [0.3, 0.4) is 0 Å². The van der Waals surface area contributed by atoms with Crippen molar-refractivity contribution in [2.75, 3.05) is 42.2 Å². The number of anilines is 3. The van der Waals surface area contributed by atoms with Gasteiger partial charge in [0.1, 0.15) is 12.4 Å². The van der Waals surface area contributed by atoms with Crippen molar-refractivity contribution in [2.24, 2.45) is 0 Å². The Morgan fingerprint density at radius 1 is 1.21 bits per heavy atom. The number of nitrogens with zero attached hydrogens (tertiary/aromatic N) is 2. The van der Waals surface area contributed by atoms with Gasteiger partial charge in [0, 0.05) is 30.7 Å². The molecule has 5 rings (SSSR count). The molecule has 33 heavy (non-hydrogen) atoms. The summed E-state index contributed by atoms with van der Waals surface area (Å²) in [6.07, 6.45) is 3.22. The highest BCUT2D eigenvalue weighted by molar-refractivity contribution is 7.13. The lowest BCUT2D eigenvalue weighted by molar-refractivity contribution is -0.146. The molecule has 2 aliphatic rings. The molecule has 4 heterocycles. The number of hydrogen-bond donors (Lipinski definition) is 3. The van der Waals surface area contributed by atoms with Crippen molar-refractivity contribution in [1.82, 2.24) is 10.3 Å². The molecule has 0 bridgehead atoms. The SMILES string of the molecule is Nc1ccc(-c2cccs2)cc1NC(=O)c1ccc(N2CCC3(CC2)CNC(=O)CO3)nc1. The summed E-state index contributed by atoms with van der Waals surface area (Å²) in [6.45, 7) is 2.24. The minimum absolute atomic E-state index is 0.0569. The van der Waals surface area contributed by atoms with Crippen LogP contribution in [0.1, 0.15) is 23.2 Å². The van der Waals surface area contributed by atoms with Gasteiger partial charge in [0.2, 0.25) is 5.91 Å². The predicted molar refractivity (Wildman–Crippen MR) is 129 cm³/mol. The van der Waals surface area contributed by atoms with Crippen LogP contribution < -0.4 is 21.3 Å². The summed E-state index contributed by atoms with van der Waals surface area (Å²) in [4.78, 5) is 32.0. The quantitative estimate of drug-likeness (QED) is 0.513. The number of nitrogen functional groups attached to an aromatic ring is 1. The minimum Gasteiger partial charge on any atom is -0.397 e. The first-order valence-corrected chi connectivity index (χ1v) is 11.8. The molecule has 2 aromatic heterocycles. The fourth-order valence-electron chi connectivity index (χ4n) is 4.21. The van der Waals surface area contributed by atoms with E-state index >= 15 is 0 Å². The van der Waals surface area contributed by atoms with Gasteiger partial charge in [-0.25, -0.2) is 4.98 Å². The normalized spacial score (nSPS) is 17.6. The Balaban J connectivity index is 1.23. The first-order chi connectivity index (χ1) is 16.0. The molecule has 2 amide bonds. The Morgan fingerprint density at radius 2 is 2.06 bits per heavy atom. The van der Waals surface area contributed by atoms with Crippen LogP contribution in [0.2, 0.25) is 0 Å². The van der Waals surface area contributed by atoms with Gasteiger partial charge in [0.15, 0.2) is 0 Å². The van der Waals surface area contributed by atoms with E-state index in [2.05, 4.69) is 20.5 Å². The number of carbonyl (C=O) groups is 2. The average Bonchev–Trinajstić information content (AvgIpc) is 3.38. The topological polar surface area (TPSA) is 110 Å². The minimum atomic E-state index is -0.276. The number of benzene rings is 1. The number of pyridine rings is 1. The number of thiophene rings is 1. The summed E-state index contributed by atoms with van der Waals surface area (Å²) in [7, 11) is 0. The van der Waals surface area contributed by atoms with Crippen molar-refractivity contribution in [3.05, 3.63) is 59.6 Å². The van der Waals surface area contributed by atoms with Crippen LogP contribution in [-0.4, -0.2) is 48.6 Å². The first-order valence-electron chi connectivity index (χ1n) is 10.9. The highest BCUT2D eigenvalue weighted by atomic mass is 32.1. The third-order valence-electron chi connectivity index (χ3n) is 6.23. The Hall–Kier alpha value is -3.43. The van der Waals surface area contributed by atoms with Gasteiger partial charge in [-0.3, -0.25) is 9.59 Å². The van der Waals surface area contributed by atoms with Gasteiger partial charge in [-0.05, 0) is 54.1 Å². The van der Waals surface area contributed by atoms with Gasteiger partial charge in [-0.2, -0.15) is 0 Å². The number of rotatable bonds is 4. The van der Waals surface area contributed by atoms with Crippen molar-refractivity contribution in [3.8, 4) is 10.4 Å². The van der Waals surface area contributed by atoms with Gasteiger partial charge in [0.25, 0.3) is 5.91 Å². The smallest absolute Gasteiger partial charge is 0.257 e. The summed E-state index contributed by atoms with van der Waals surface area (Å²) in [5, 5.41) is 7.82. The maximum Gasteiger partial charge on any atom is 0.257 e. The fraction of sp³-hybridized carbons (Fsp3) is 0.292. The van der Waals surface area contributed by atoms with Crippen molar-refractivity contribution in [2.45, 2.75) is 18.4 Å². The summed E-state index contributed by atoms with van der Waals surface area (Å²) in [6, 6.07) is 13.3. The Bertz CT molecular complexity index is 1140. The maximum absolute atomic E-state index is 12.8. The van der Waals surface area contributed by atoms with E-state index in [0.717, 1.165) is 42.2 Å². The molecule has 0 radical (unpaired) electrons. The summed E-state index contributed by atoms with van der Waals surface area (Å²) in [5.74, 6) is 0.507. The average molecular weight is 464 g/mol. The van der Waals surface area contributed by atoms with E-state index in [1.165, 1.54) is 0 Å². The van der Waals surface area contributed by atoms with Crippen LogP contribution in [-0.2, 0) is 9.53 Å². The molecule has 2 saturated heterocycles. The molecule has 2 aliphatic heterocycles. The van der Waals surface area contributed by atoms with E-state index in [-0.39, 0.29) is 24.0 Å². The third kappa shape index (κ3) is 4.55. The molecule has 1 aromatic carbocycles. The number of carbonyl (C=O) groups excluding carboxylic acids is 2. The Labute approximate surface area is 195 Å². The second kappa shape index (κ2) is 8.84.